The van der Waals surface area contributed by atoms with E-state index in [-0.39, 0.29) is 11.9 Å². The average molecular weight is 548 g/mol. The summed E-state index contributed by atoms with van der Waals surface area (Å²) in [7, 11) is 0. The average Bonchev–Trinajstić information content (AvgIpc) is 2.98. The molecule has 0 aliphatic carbocycles. The standard InChI is InChI=1S/C36H53NO3/c1-4-6-7-14-18-32-20-22-33(23-21-32)19-17-28-37-34-24-26-35(27-25-34)39-29-15-12-10-8-9-11-13-16-30-40-36(38)31(3)5-2/h17,19-28,31H,4-16,18,29-30H2,1-3H3/b19-17+,37-28?. The number of carbonyl (C=O) groups excluding carboxylic acids is 1. The molecule has 0 radical (unpaired) electrons. The largest absolute Gasteiger partial charge is 0.494 e. The van der Waals surface area contributed by atoms with Crippen molar-refractivity contribution in [2.45, 2.75) is 111 Å². The molecular formula is C36H53NO3. The Morgan fingerprint density at radius 1 is 0.775 bits per heavy atom. The molecule has 2 aromatic carbocycles. The number of aryl methyl sites for hydroxylation is 1. The highest BCUT2D eigenvalue weighted by Gasteiger charge is 2.10. The molecule has 0 saturated heterocycles. The highest BCUT2D eigenvalue weighted by molar-refractivity contribution is 5.80. The Bertz CT molecular complexity index is 963. The number of nitrogens with zero attached hydrogens (tertiary/aromatic N) is 1. The van der Waals surface area contributed by atoms with Crippen LogP contribution in [0.2, 0.25) is 0 Å². The first-order chi connectivity index (χ1) is 19.6. The lowest BCUT2D eigenvalue weighted by Gasteiger charge is -2.09. The van der Waals surface area contributed by atoms with Crippen LogP contribution in [0.15, 0.2) is 59.6 Å². The van der Waals surface area contributed by atoms with E-state index in [0.29, 0.717) is 6.61 Å². The normalized spacial score (nSPS) is 12.3. The first kappa shape index (κ1) is 33.3. The van der Waals surface area contributed by atoms with Gasteiger partial charge in [-0.1, -0.05) is 109 Å². The number of unbranched alkanes of at least 4 members (excludes halogenated alkanes) is 10. The molecule has 40 heavy (non-hydrogen) atoms. The molecule has 0 amide bonds. The molecule has 0 saturated carbocycles. The topological polar surface area (TPSA) is 47.9 Å². The Kier molecular flexibility index (Phi) is 18.2. The first-order valence-electron chi connectivity index (χ1n) is 15.8. The fourth-order valence-corrected chi connectivity index (χ4v) is 4.40. The predicted molar refractivity (Wildman–Crippen MR) is 171 cm³/mol. The Balaban J connectivity index is 1.49. The molecular weight excluding hydrogens is 494 g/mol. The summed E-state index contributed by atoms with van der Waals surface area (Å²) in [4.78, 5) is 16.2. The summed E-state index contributed by atoms with van der Waals surface area (Å²) in [6.45, 7) is 7.52. The van der Waals surface area contributed by atoms with Crippen LogP contribution in [0.3, 0.4) is 0 Å². The van der Waals surface area contributed by atoms with Gasteiger partial charge in [0.05, 0.1) is 24.8 Å². The van der Waals surface area contributed by atoms with E-state index in [2.05, 4.69) is 42.3 Å². The van der Waals surface area contributed by atoms with Crippen molar-refractivity contribution in [3.63, 3.8) is 0 Å². The summed E-state index contributed by atoms with van der Waals surface area (Å²) in [5.74, 6) is 0.870. The molecule has 2 aromatic rings. The van der Waals surface area contributed by atoms with Crippen LogP contribution in [0, 0.1) is 5.92 Å². The van der Waals surface area contributed by atoms with E-state index >= 15 is 0 Å². The van der Waals surface area contributed by atoms with E-state index in [9.17, 15) is 4.79 Å². The Labute approximate surface area is 244 Å². The molecule has 1 atom stereocenters. The first-order valence-corrected chi connectivity index (χ1v) is 15.8. The maximum absolute atomic E-state index is 11.6. The van der Waals surface area contributed by atoms with Crippen molar-refractivity contribution in [1.82, 2.24) is 0 Å². The van der Waals surface area contributed by atoms with Gasteiger partial charge < -0.3 is 9.47 Å². The minimum Gasteiger partial charge on any atom is -0.494 e. The van der Waals surface area contributed by atoms with Crippen LogP contribution in [0.25, 0.3) is 6.08 Å². The van der Waals surface area contributed by atoms with Gasteiger partial charge in [0.25, 0.3) is 0 Å². The molecule has 0 aromatic heterocycles. The summed E-state index contributed by atoms with van der Waals surface area (Å²) in [5, 5.41) is 0. The van der Waals surface area contributed by atoms with E-state index in [1.54, 1.807) is 0 Å². The molecule has 0 bridgehead atoms. The van der Waals surface area contributed by atoms with E-state index in [1.165, 1.54) is 75.3 Å². The van der Waals surface area contributed by atoms with Crippen LogP contribution >= 0.6 is 0 Å². The molecule has 4 nitrogen and oxygen atoms in total. The summed E-state index contributed by atoms with van der Waals surface area (Å²) in [6, 6.07) is 16.8. The smallest absolute Gasteiger partial charge is 0.308 e. The van der Waals surface area contributed by atoms with Gasteiger partial charge in [-0.25, -0.2) is 0 Å². The number of carbonyl (C=O) groups is 1. The minimum absolute atomic E-state index is 0.0225. The number of ether oxygens (including phenoxy) is 2. The van der Waals surface area contributed by atoms with E-state index in [0.717, 1.165) is 43.7 Å². The zero-order valence-corrected chi connectivity index (χ0v) is 25.4. The molecule has 0 N–H and O–H groups in total. The molecule has 0 heterocycles. The molecule has 1 unspecified atom stereocenters. The molecule has 220 valence electrons. The van der Waals surface area contributed by atoms with Gasteiger partial charge in [-0.15, -0.1) is 0 Å². The molecule has 2 rings (SSSR count). The van der Waals surface area contributed by atoms with E-state index < -0.39 is 0 Å². The van der Waals surface area contributed by atoms with Crippen molar-refractivity contribution >= 4 is 23.9 Å². The predicted octanol–water partition coefficient (Wildman–Crippen LogP) is 10.3. The Hall–Kier alpha value is -2.88. The van der Waals surface area contributed by atoms with Gasteiger partial charge in [0.2, 0.25) is 0 Å². The Morgan fingerprint density at radius 2 is 1.40 bits per heavy atom. The maximum atomic E-state index is 11.6. The second-order valence-electron chi connectivity index (χ2n) is 10.8. The van der Waals surface area contributed by atoms with Crippen molar-refractivity contribution in [2.24, 2.45) is 10.9 Å². The van der Waals surface area contributed by atoms with Crippen molar-refractivity contribution in [3.8, 4) is 5.75 Å². The third-order valence-electron chi connectivity index (χ3n) is 7.30. The third kappa shape index (κ3) is 15.6. The molecule has 0 spiro atoms. The number of benzene rings is 2. The third-order valence-corrected chi connectivity index (χ3v) is 7.30. The van der Waals surface area contributed by atoms with Crippen molar-refractivity contribution in [3.05, 3.63) is 65.7 Å². The van der Waals surface area contributed by atoms with Crippen LogP contribution < -0.4 is 4.74 Å². The maximum Gasteiger partial charge on any atom is 0.308 e. The highest BCUT2D eigenvalue weighted by atomic mass is 16.5. The van der Waals surface area contributed by atoms with E-state index in [4.69, 9.17) is 9.47 Å². The SMILES string of the molecule is CCCCCCc1ccc(/C=C/C=Nc2ccc(OCCCCCCCCCCOC(=O)C(C)CC)cc2)cc1. The zero-order chi connectivity index (χ0) is 28.7. The Morgan fingerprint density at radius 3 is 2.05 bits per heavy atom. The summed E-state index contributed by atoms with van der Waals surface area (Å²) in [5.41, 5.74) is 3.54. The summed E-state index contributed by atoms with van der Waals surface area (Å²) in [6.07, 6.45) is 22.5. The monoisotopic (exact) mass is 547 g/mol. The van der Waals surface area contributed by atoms with Gasteiger partial charge in [-0.3, -0.25) is 9.79 Å². The van der Waals surface area contributed by atoms with Gasteiger partial charge >= 0.3 is 5.97 Å². The number of hydrogen-bond donors (Lipinski definition) is 0. The zero-order valence-electron chi connectivity index (χ0n) is 25.4. The fourth-order valence-electron chi connectivity index (χ4n) is 4.40. The highest BCUT2D eigenvalue weighted by Crippen LogP contribution is 2.19. The summed E-state index contributed by atoms with van der Waals surface area (Å²) < 4.78 is 11.2. The number of rotatable bonds is 22. The number of aliphatic imine (C=N–C) groups is 1. The quantitative estimate of drug-likeness (QED) is 0.0837. The van der Waals surface area contributed by atoms with Crippen LogP contribution in [-0.2, 0) is 16.0 Å². The number of hydrogen-bond acceptors (Lipinski definition) is 4. The molecule has 0 fully saturated rings. The van der Waals surface area contributed by atoms with Gasteiger partial charge in [0.15, 0.2) is 0 Å². The van der Waals surface area contributed by atoms with Crippen molar-refractivity contribution in [2.75, 3.05) is 13.2 Å². The summed E-state index contributed by atoms with van der Waals surface area (Å²) >= 11 is 0. The van der Waals surface area contributed by atoms with Crippen LogP contribution in [0.1, 0.15) is 115 Å². The van der Waals surface area contributed by atoms with Crippen molar-refractivity contribution < 1.29 is 14.3 Å². The number of allylic oxidation sites excluding steroid dienone is 1. The second-order valence-corrected chi connectivity index (χ2v) is 10.8. The van der Waals surface area contributed by atoms with Crippen LogP contribution in [0.4, 0.5) is 5.69 Å². The van der Waals surface area contributed by atoms with Gasteiger partial charge in [-0.2, -0.15) is 0 Å². The van der Waals surface area contributed by atoms with E-state index in [1.807, 2.05) is 50.4 Å². The lowest BCUT2D eigenvalue weighted by molar-refractivity contribution is -0.148. The van der Waals surface area contributed by atoms with Gasteiger partial charge in [0, 0.05) is 6.21 Å². The molecule has 4 heteroatoms. The number of esters is 1. The fraction of sp³-hybridized carbons (Fsp3) is 0.556. The van der Waals surface area contributed by atoms with Crippen molar-refractivity contribution in [1.29, 1.82) is 0 Å². The van der Waals surface area contributed by atoms with Gasteiger partial charge in [0.1, 0.15) is 5.75 Å². The van der Waals surface area contributed by atoms with Crippen LogP contribution in [0.5, 0.6) is 5.75 Å². The minimum atomic E-state index is -0.0533. The molecule has 0 aliphatic rings. The lowest BCUT2D eigenvalue weighted by atomic mass is 10.0. The van der Waals surface area contributed by atoms with Gasteiger partial charge in [-0.05, 0) is 73.6 Å². The molecule has 0 aliphatic heterocycles. The second kappa shape index (κ2) is 21.9. The van der Waals surface area contributed by atoms with Crippen LogP contribution in [-0.4, -0.2) is 25.4 Å². The lowest BCUT2D eigenvalue weighted by Crippen LogP contribution is -2.14.